The molecule has 166 valence electrons. The zero-order valence-corrected chi connectivity index (χ0v) is 18.9. The van der Waals surface area contributed by atoms with Gasteiger partial charge in [-0.15, -0.1) is 0 Å². The van der Waals surface area contributed by atoms with Gasteiger partial charge < -0.3 is 19.8 Å². The van der Waals surface area contributed by atoms with Gasteiger partial charge in [0.1, 0.15) is 0 Å². The normalized spacial score (nSPS) is 11.7. The summed E-state index contributed by atoms with van der Waals surface area (Å²) in [5.74, 6) is 0.497. The Morgan fingerprint density at radius 1 is 1.06 bits per heavy atom. The van der Waals surface area contributed by atoms with Crippen LogP contribution in [0.25, 0.3) is 17.0 Å². The maximum Gasteiger partial charge on any atom is 0.290 e. The van der Waals surface area contributed by atoms with E-state index < -0.39 is 5.91 Å². The first-order valence-corrected chi connectivity index (χ1v) is 10.5. The number of aromatic amines is 1. The number of halogens is 2. The second-order valence-corrected chi connectivity index (χ2v) is 7.60. The van der Waals surface area contributed by atoms with E-state index in [-0.39, 0.29) is 5.76 Å². The molecule has 0 radical (unpaired) electrons. The van der Waals surface area contributed by atoms with Crippen molar-refractivity contribution < 1.29 is 14.3 Å². The fraction of sp³-hybridized carbons (Fsp3) is 0.0417. The number of allylic oxidation sites excluding steroid dienone is 2. The number of nitrogens with one attached hydrogen (secondary N) is 2. The van der Waals surface area contributed by atoms with Crippen molar-refractivity contribution in [1.82, 2.24) is 15.0 Å². The SMILES string of the molecule is CO/C(=C\C=C\c1cc2cc(Cl)c(Cl)cc2[nH]1)C(=O)Nc1ccc(Oc2ccccn2)nc1. The Morgan fingerprint density at radius 3 is 2.61 bits per heavy atom. The van der Waals surface area contributed by atoms with Crippen molar-refractivity contribution in [3.63, 3.8) is 0 Å². The van der Waals surface area contributed by atoms with Gasteiger partial charge in [0.15, 0.2) is 5.76 Å². The van der Waals surface area contributed by atoms with Gasteiger partial charge in [-0.05, 0) is 42.5 Å². The van der Waals surface area contributed by atoms with E-state index in [0.717, 1.165) is 16.6 Å². The summed E-state index contributed by atoms with van der Waals surface area (Å²) < 4.78 is 10.8. The third-order valence-electron chi connectivity index (χ3n) is 4.49. The van der Waals surface area contributed by atoms with Gasteiger partial charge in [0.05, 0.1) is 29.0 Å². The van der Waals surface area contributed by atoms with Gasteiger partial charge in [-0.3, -0.25) is 4.79 Å². The standard InChI is InChI=1S/C24H18Cl2N4O3/c1-32-21(6-4-5-16-11-15-12-18(25)19(26)13-20(15)29-16)24(31)30-17-8-9-23(28-14-17)33-22-7-2-3-10-27-22/h2-14,29H,1H3,(H,30,31)/b5-4+,21-6-. The predicted octanol–water partition coefficient (Wildman–Crippen LogP) is 6.24. The second kappa shape index (κ2) is 10.2. The van der Waals surface area contributed by atoms with Crippen LogP contribution in [0.3, 0.4) is 0 Å². The van der Waals surface area contributed by atoms with Gasteiger partial charge in [0.25, 0.3) is 5.91 Å². The van der Waals surface area contributed by atoms with Crippen LogP contribution in [0.2, 0.25) is 10.0 Å². The summed E-state index contributed by atoms with van der Waals surface area (Å²) in [5.41, 5.74) is 2.17. The summed E-state index contributed by atoms with van der Waals surface area (Å²) in [6, 6.07) is 14.1. The molecule has 2 N–H and O–H groups in total. The van der Waals surface area contributed by atoms with Gasteiger partial charge in [-0.1, -0.05) is 35.3 Å². The Labute approximate surface area is 199 Å². The number of pyridine rings is 2. The Bertz CT molecular complexity index is 1290. The first-order chi connectivity index (χ1) is 16.0. The number of anilines is 1. The van der Waals surface area contributed by atoms with Crippen LogP contribution in [0.15, 0.2) is 78.8 Å². The van der Waals surface area contributed by atoms with Crippen LogP contribution < -0.4 is 10.1 Å². The van der Waals surface area contributed by atoms with Gasteiger partial charge in [-0.2, -0.15) is 0 Å². The molecule has 0 saturated carbocycles. The molecule has 1 aromatic carbocycles. The van der Waals surface area contributed by atoms with Gasteiger partial charge >= 0.3 is 0 Å². The molecule has 0 unspecified atom stereocenters. The number of carbonyl (C=O) groups excluding carboxylic acids is 1. The molecule has 0 fully saturated rings. The number of hydrogen-bond donors (Lipinski definition) is 2. The summed E-state index contributed by atoms with van der Waals surface area (Å²) in [5, 5.41) is 4.63. The number of aromatic nitrogens is 3. The number of H-pyrrole nitrogens is 1. The maximum absolute atomic E-state index is 12.5. The molecule has 3 heterocycles. The number of fused-ring (bicyclic) bond motifs is 1. The molecular weight excluding hydrogens is 463 g/mol. The molecule has 0 bridgehead atoms. The van der Waals surface area contributed by atoms with Crippen LogP contribution in [-0.4, -0.2) is 28.0 Å². The molecule has 1 amide bonds. The topological polar surface area (TPSA) is 89.1 Å². The fourth-order valence-corrected chi connectivity index (χ4v) is 3.27. The molecule has 0 aliphatic rings. The summed E-state index contributed by atoms with van der Waals surface area (Å²) >= 11 is 12.1. The molecular formula is C24H18Cl2N4O3. The highest BCUT2D eigenvalue weighted by atomic mass is 35.5. The molecule has 0 atom stereocenters. The minimum Gasteiger partial charge on any atom is -0.491 e. The number of benzene rings is 1. The quantitative estimate of drug-likeness (QED) is 0.185. The van der Waals surface area contributed by atoms with E-state index in [1.54, 1.807) is 60.8 Å². The van der Waals surface area contributed by atoms with Crippen molar-refractivity contribution in [3.8, 4) is 11.8 Å². The number of amides is 1. The van der Waals surface area contributed by atoms with Gasteiger partial charge in [0.2, 0.25) is 11.8 Å². The van der Waals surface area contributed by atoms with E-state index in [9.17, 15) is 4.79 Å². The van der Waals surface area contributed by atoms with E-state index in [1.807, 2.05) is 12.1 Å². The second-order valence-electron chi connectivity index (χ2n) is 6.78. The number of rotatable bonds is 7. The van der Waals surface area contributed by atoms with Gasteiger partial charge in [-0.25, -0.2) is 9.97 Å². The lowest BCUT2D eigenvalue weighted by molar-refractivity contribution is -0.115. The number of nitrogens with zero attached hydrogens (tertiary/aromatic N) is 2. The Hall–Kier alpha value is -3.81. The molecule has 3 aromatic heterocycles. The lowest BCUT2D eigenvalue weighted by Crippen LogP contribution is -2.15. The Kier molecular flexibility index (Phi) is 6.92. The Balaban J connectivity index is 1.40. The zero-order chi connectivity index (χ0) is 23.2. The van der Waals surface area contributed by atoms with Crippen LogP contribution in [0.4, 0.5) is 5.69 Å². The monoisotopic (exact) mass is 480 g/mol. The van der Waals surface area contributed by atoms with Crippen LogP contribution in [0, 0.1) is 0 Å². The summed E-state index contributed by atoms with van der Waals surface area (Å²) in [7, 11) is 1.42. The lowest BCUT2D eigenvalue weighted by Gasteiger charge is -2.08. The minimum atomic E-state index is -0.419. The Morgan fingerprint density at radius 2 is 1.88 bits per heavy atom. The van der Waals surface area contributed by atoms with Crippen molar-refractivity contribution in [2.45, 2.75) is 0 Å². The van der Waals surface area contributed by atoms with E-state index in [0.29, 0.717) is 27.5 Å². The molecule has 0 saturated heterocycles. The summed E-state index contributed by atoms with van der Waals surface area (Å²) in [6.45, 7) is 0. The molecule has 0 spiro atoms. The summed E-state index contributed by atoms with van der Waals surface area (Å²) in [6.07, 6.45) is 8.18. The third-order valence-corrected chi connectivity index (χ3v) is 5.21. The fourth-order valence-electron chi connectivity index (χ4n) is 2.94. The molecule has 4 rings (SSSR count). The zero-order valence-electron chi connectivity index (χ0n) is 17.4. The summed E-state index contributed by atoms with van der Waals surface area (Å²) in [4.78, 5) is 24.0. The maximum atomic E-state index is 12.5. The van der Waals surface area contributed by atoms with Gasteiger partial charge in [0, 0.05) is 34.9 Å². The predicted molar refractivity (Wildman–Crippen MR) is 130 cm³/mol. The molecule has 0 aliphatic heterocycles. The molecule has 7 nitrogen and oxygen atoms in total. The van der Waals surface area contributed by atoms with Crippen LogP contribution in [0.1, 0.15) is 5.69 Å². The highest BCUT2D eigenvalue weighted by molar-refractivity contribution is 6.42. The molecule has 0 aliphatic carbocycles. The first-order valence-electron chi connectivity index (χ1n) is 9.78. The number of hydrogen-bond acceptors (Lipinski definition) is 5. The van der Waals surface area contributed by atoms with E-state index >= 15 is 0 Å². The van der Waals surface area contributed by atoms with E-state index in [4.69, 9.17) is 32.7 Å². The highest BCUT2D eigenvalue weighted by Crippen LogP contribution is 2.28. The van der Waals surface area contributed by atoms with Crippen molar-refractivity contribution in [3.05, 3.63) is 94.6 Å². The average Bonchev–Trinajstić information content (AvgIpc) is 3.20. The largest absolute Gasteiger partial charge is 0.491 e. The van der Waals surface area contributed by atoms with Crippen LogP contribution in [-0.2, 0) is 9.53 Å². The van der Waals surface area contributed by atoms with E-state index in [2.05, 4.69) is 20.3 Å². The minimum absolute atomic E-state index is 0.127. The van der Waals surface area contributed by atoms with Crippen molar-refractivity contribution in [2.24, 2.45) is 0 Å². The molecule has 4 aromatic rings. The van der Waals surface area contributed by atoms with Crippen LogP contribution >= 0.6 is 23.2 Å². The van der Waals surface area contributed by atoms with Crippen molar-refractivity contribution >= 4 is 51.8 Å². The average molecular weight is 481 g/mol. The van der Waals surface area contributed by atoms with Crippen molar-refractivity contribution in [2.75, 3.05) is 12.4 Å². The number of methoxy groups -OCH3 is 1. The molecule has 33 heavy (non-hydrogen) atoms. The van der Waals surface area contributed by atoms with E-state index in [1.165, 1.54) is 13.3 Å². The third kappa shape index (κ3) is 5.71. The molecule has 9 heteroatoms. The lowest BCUT2D eigenvalue weighted by atomic mass is 10.2. The highest BCUT2D eigenvalue weighted by Gasteiger charge is 2.10. The number of ether oxygens (including phenoxy) is 2. The van der Waals surface area contributed by atoms with Crippen molar-refractivity contribution in [1.29, 1.82) is 0 Å². The number of carbonyl (C=O) groups is 1. The smallest absolute Gasteiger partial charge is 0.290 e. The first kappa shape index (κ1) is 22.4. The van der Waals surface area contributed by atoms with Crippen LogP contribution in [0.5, 0.6) is 11.8 Å².